The summed E-state index contributed by atoms with van der Waals surface area (Å²) in [5.41, 5.74) is 0.869. The molecule has 1 aliphatic rings. The van der Waals surface area contributed by atoms with Crippen LogP contribution in [0.3, 0.4) is 0 Å². The van der Waals surface area contributed by atoms with Crippen molar-refractivity contribution in [2.24, 2.45) is 0 Å². The van der Waals surface area contributed by atoms with Crippen LogP contribution in [0.5, 0.6) is 5.75 Å². The molecule has 1 heterocycles. The maximum atomic E-state index is 6.20. The summed E-state index contributed by atoms with van der Waals surface area (Å²) in [6.45, 7) is 4.84. The first-order valence-corrected chi connectivity index (χ1v) is 6.27. The lowest BCUT2D eigenvalue weighted by Crippen LogP contribution is -2.28. The van der Waals surface area contributed by atoms with Crippen molar-refractivity contribution < 1.29 is 4.74 Å². The lowest BCUT2D eigenvalue weighted by molar-refractivity contribution is 0.211. The Hall–Kier alpha value is -0.150. The van der Waals surface area contributed by atoms with E-state index in [-0.39, 0.29) is 12.1 Å². The van der Waals surface area contributed by atoms with Gasteiger partial charge in [-0.2, -0.15) is 0 Å². The van der Waals surface area contributed by atoms with Crippen LogP contribution in [-0.2, 0) is 0 Å². The topological polar surface area (TPSA) is 21.3 Å². The smallest absolute Gasteiger partial charge is 0.144 e. The normalized spacial score (nSPS) is 23.1. The summed E-state index contributed by atoms with van der Waals surface area (Å²) in [6, 6.07) is 1.66. The van der Waals surface area contributed by atoms with Gasteiger partial charge in [-0.1, -0.05) is 41.7 Å². The van der Waals surface area contributed by atoms with E-state index in [1.807, 2.05) is 13.8 Å². The molecule has 1 aromatic rings. The monoisotopic (exact) mass is 279 g/mol. The minimum atomic E-state index is 0.00316. The highest BCUT2D eigenvalue weighted by molar-refractivity contribution is 6.44. The molecule has 0 bridgehead atoms. The van der Waals surface area contributed by atoms with Crippen molar-refractivity contribution in [1.82, 2.24) is 5.32 Å². The summed E-state index contributed by atoms with van der Waals surface area (Å²) < 4.78 is 5.70. The van der Waals surface area contributed by atoms with E-state index in [4.69, 9.17) is 39.5 Å². The molecule has 5 heteroatoms. The number of nitrogens with one attached hydrogen (secondary N) is 1. The first-order valence-electron chi connectivity index (χ1n) is 5.13. The highest BCUT2D eigenvalue weighted by atomic mass is 35.5. The van der Waals surface area contributed by atoms with Gasteiger partial charge in [0.15, 0.2) is 0 Å². The maximum Gasteiger partial charge on any atom is 0.144 e. The van der Waals surface area contributed by atoms with E-state index < -0.39 is 0 Å². The summed E-state index contributed by atoms with van der Waals surface area (Å²) in [5.74, 6) is 0.648. The Morgan fingerprint density at radius 2 is 2.00 bits per heavy atom. The molecule has 0 saturated heterocycles. The number of rotatable bonds is 2. The Balaban J connectivity index is 2.54. The van der Waals surface area contributed by atoms with Gasteiger partial charge in [-0.15, -0.1) is 0 Å². The zero-order chi connectivity index (χ0) is 11.9. The predicted molar refractivity (Wildman–Crippen MR) is 68.0 cm³/mol. The minimum absolute atomic E-state index is 0.00316. The van der Waals surface area contributed by atoms with Crippen molar-refractivity contribution in [1.29, 1.82) is 0 Å². The first kappa shape index (κ1) is 12.3. The molecule has 2 unspecified atom stereocenters. The van der Waals surface area contributed by atoms with Crippen LogP contribution in [0.15, 0.2) is 6.07 Å². The van der Waals surface area contributed by atoms with Gasteiger partial charge in [-0.05, 0) is 19.5 Å². The number of halogens is 3. The van der Waals surface area contributed by atoms with Gasteiger partial charge in [0.2, 0.25) is 0 Å². The lowest BCUT2D eigenvalue weighted by atomic mass is 10.0. The van der Waals surface area contributed by atoms with Crippen molar-refractivity contribution >= 4 is 34.8 Å². The van der Waals surface area contributed by atoms with E-state index in [2.05, 4.69) is 5.32 Å². The van der Waals surface area contributed by atoms with E-state index >= 15 is 0 Å². The molecule has 16 heavy (non-hydrogen) atoms. The molecular weight excluding hydrogens is 268 g/mol. The van der Waals surface area contributed by atoms with Crippen molar-refractivity contribution in [3.63, 3.8) is 0 Å². The third kappa shape index (κ3) is 1.88. The van der Waals surface area contributed by atoms with Gasteiger partial charge in [-0.25, -0.2) is 0 Å². The van der Waals surface area contributed by atoms with Crippen LogP contribution in [0.2, 0.25) is 15.1 Å². The van der Waals surface area contributed by atoms with Gasteiger partial charge in [0.25, 0.3) is 0 Å². The molecule has 88 valence electrons. The standard InChI is InChI=1S/C11H12Cl3NO/c1-3-15-10-5(2)16-11-7(13)4-6(12)9(14)8(10)11/h4-5,10,15H,3H2,1-2H3. The van der Waals surface area contributed by atoms with Crippen LogP contribution in [0.1, 0.15) is 25.5 Å². The summed E-state index contributed by atoms with van der Waals surface area (Å²) in [7, 11) is 0. The molecule has 0 fully saturated rings. The molecule has 2 nitrogen and oxygen atoms in total. The fourth-order valence-corrected chi connectivity index (χ4v) is 2.75. The molecule has 1 N–H and O–H groups in total. The SMILES string of the molecule is CCNC1c2c(Cl)c(Cl)cc(Cl)c2OC1C. The van der Waals surface area contributed by atoms with Crippen molar-refractivity contribution in [3.05, 3.63) is 26.7 Å². The average Bonchev–Trinajstić information content (AvgIpc) is 2.55. The molecule has 0 radical (unpaired) electrons. The van der Waals surface area contributed by atoms with E-state index in [0.29, 0.717) is 20.8 Å². The maximum absolute atomic E-state index is 6.20. The van der Waals surface area contributed by atoms with Crippen molar-refractivity contribution in [2.75, 3.05) is 6.54 Å². The minimum Gasteiger partial charge on any atom is -0.487 e. The van der Waals surface area contributed by atoms with E-state index in [1.54, 1.807) is 6.07 Å². The summed E-state index contributed by atoms with van der Waals surface area (Å²) in [4.78, 5) is 0. The average molecular weight is 281 g/mol. The van der Waals surface area contributed by atoms with Gasteiger partial charge < -0.3 is 10.1 Å². The second kappa shape index (κ2) is 4.61. The molecule has 0 aliphatic carbocycles. The molecular formula is C11H12Cl3NO. The molecule has 0 amide bonds. The molecule has 2 rings (SSSR count). The zero-order valence-corrected chi connectivity index (χ0v) is 11.2. The number of benzene rings is 1. The highest BCUT2D eigenvalue weighted by Gasteiger charge is 2.35. The fourth-order valence-electron chi connectivity index (χ4n) is 1.97. The van der Waals surface area contributed by atoms with E-state index in [0.717, 1.165) is 12.1 Å². The number of hydrogen-bond acceptors (Lipinski definition) is 2. The number of fused-ring (bicyclic) bond motifs is 1. The molecule has 1 aromatic carbocycles. The zero-order valence-electron chi connectivity index (χ0n) is 8.98. The Bertz CT molecular complexity index is 422. The molecule has 0 saturated carbocycles. The Morgan fingerprint density at radius 1 is 1.31 bits per heavy atom. The lowest BCUT2D eigenvalue weighted by Gasteiger charge is -2.16. The molecule has 0 aromatic heterocycles. The van der Waals surface area contributed by atoms with Crippen LogP contribution in [-0.4, -0.2) is 12.6 Å². The quantitative estimate of drug-likeness (QED) is 0.824. The van der Waals surface area contributed by atoms with Crippen LogP contribution < -0.4 is 10.1 Å². The van der Waals surface area contributed by atoms with Crippen LogP contribution in [0, 0.1) is 0 Å². The van der Waals surface area contributed by atoms with Crippen LogP contribution in [0.25, 0.3) is 0 Å². The van der Waals surface area contributed by atoms with Gasteiger partial charge in [0.1, 0.15) is 11.9 Å². The first-order chi connectivity index (χ1) is 7.56. The van der Waals surface area contributed by atoms with Gasteiger partial charge >= 0.3 is 0 Å². The summed E-state index contributed by atoms with van der Waals surface area (Å²) >= 11 is 18.3. The predicted octanol–water partition coefficient (Wildman–Crippen LogP) is 4.08. The Kier molecular flexibility index (Phi) is 3.55. The molecule has 1 aliphatic heterocycles. The Morgan fingerprint density at radius 3 is 2.62 bits per heavy atom. The Labute approximate surface area is 110 Å². The van der Waals surface area contributed by atoms with Gasteiger partial charge in [0, 0.05) is 5.56 Å². The van der Waals surface area contributed by atoms with E-state index in [1.165, 1.54) is 0 Å². The highest BCUT2D eigenvalue weighted by Crippen LogP contribution is 2.48. The largest absolute Gasteiger partial charge is 0.487 e. The van der Waals surface area contributed by atoms with Crippen LogP contribution >= 0.6 is 34.8 Å². The fraction of sp³-hybridized carbons (Fsp3) is 0.455. The second-order valence-corrected chi connectivity index (χ2v) is 4.95. The van der Waals surface area contributed by atoms with Crippen LogP contribution in [0.4, 0.5) is 0 Å². The molecule has 2 atom stereocenters. The van der Waals surface area contributed by atoms with E-state index in [9.17, 15) is 0 Å². The second-order valence-electron chi connectivity index (χ2n) is 3.76. The van der Waals surface area contributed by atoms with Crippen molar-refractivity contribution in [3.8, 4) is 5.75 Å². The molecule has 0 spiro atoms. The number of hydrogen-bond donors (Lipinski definition) is 1. The van der Waals surface area contributed by atoms with Gasteiger partial charge in [0.05, 0.1) is 21.1 Å². The van der Waals surface area contributed by atoms with Crippen molar-refractivity contribution in [2.45, 2.75) is 26.0 Å². The number of likely N-dealkylation sites (N-methyl/N-ethyl adjacent to an activating group) is 1. The summed E-state index contributed by atoms with van der Waals surface area (Å²) in [6.07, 6.45) is 0.00316. The third-order valence-corrected chi connectivity index (χ3v) is 3.75. The third-order valence-electron chi connectivity index (χ3n) is 2.67. The van der Waals surface area contributed by atoms with Gasteiger partial charge in [-0.3, -0.25) is 0 Å². The summed E-state index contributed by atoms with van der Waals surface area (Å²) in [5, 5.41) is 4.82. The number of ether oxygens (including phenoxy) is 1.